The lowest BCUT2D eigenvalue weighted by Crippen LogP contribution is -2.34. The summed E-state index contributed by atoms with van der Waals surface area (Å²) < 4.78 is 19.7. The number of nitrogen functional groups attached to an aromatic ring is 1. The number of hydrogen-bond acceptors (Lipinski definition) is 4. The van der Waals surface area contributed by atoms with Gasteiger partial charge in [0.15, 0.2) is 0 Å². The van der Waals surface area contributed by atoms with Crippen LogP contribution in [0.3, 0.4) is 0 Å². The van der Waals surface area contributed by atoms with Crippen LogP contribution in [-0.2, 0) is 6.42 Å². The van der Waals surface area contributed by atoms with Crippen molar-refractivity contribution in [3.8, 4) is 5.88 Å². The molecule has 0 amide bonds. The highest BCUT2D eigenvalue weighted by Gasteiger charge is 2.16. The molecule has 1 aliphatic rings. The molecule has 0 saturated carbocycles. The smallest absolute Gasteiger partial charge is 0.215 e. The second-order valence-corrected chi connectivity index (χ2v) is 6.11. The Labute approximate surface area is 139 Å². The molecule has 2 aromatic rings. The third-order valence-electron chi connectivity index (χ3n) is 3.96. The van der Waals surface area contributed by atoms with Crippen molar-refractivity contribution < 1.29 is 9.13 Å². The second-order valence-electron chi connectivity index (χ2n) is 5.67. The van der Waals surface area contributed by atoms with E-state index in [0.29, 0.717) is 28.7 Å². The van der Waals surface area contributed by atoms with Gasteiger partial charge in [0.1, 0.15) is 17.7 Å². The Bertz CT molecular complexity index is 690. The van der Waals surface area contributed by atoms with Gasteiger partial charge in [-0.15, -0.1) is 0 Å². The van der Waals surface area contributed by atoms with E-state index in [-0.39, 0.29) is 11.9 Å². The topological polar surface area (TPSA) is 60.2 Å². The van der Waals surface area contributed by atoms with E-state index in [4.69, 9.17) is 22.1 Å². The van der Waals surface area contributed by atoms with Gasteiger partial charge in [0, 0.05) is 17.5 Å². The summed E-state index contributed by atoms with van der Waals surface area (Å²) in [5, 5.41) is 3.67. The lowest BCUT2D eigenvalue weighted by molar-refractivity contribution is 0.156. The van der Waals surface area contributed by atoms with Gasteiger partial charge in [-0.3, -0.25) is 0 Å². The molecule has 0 atom stereocenters. The Morgan fingerprint density at radius 3 is 2.65 bits per heavy atom. The van der Waals surface area contributed by atoms with Crippen LogP contribution >= 0.6 is 11.6 Å². The van der Waals surface area contributed by atoms with Crippen LogP contribution in [0.25, 0.3) is 0 Å². The molecule has 122 valence electrons. The number of piperidine rings is 1. The molecular formula is C17H19ClFN3O. The predicted octanol–water partition coefficient (Wildman–Crippen LogP) is 3.18. The zero-order valence-electron chi connectivity index (χ0n) is 12.7. The van der Waals surface area contributed by atoms with Gasteiger partial charge in [0.2, 0.25) is 5.88 Å². The maximum atomic E-state index is 13.9. The Kier molecular flexibility index (Phi) is 4.98. The SMILES string of the molecule is Nc1nc(OC2CCNCC2)ccc1Cc1ccc(Cl)cc1F. The predicted molar refractivity (Wildman–Crippen MR) is 89.4 cm³/mol. The number of pyridine rings is 1. The van der Waals surface area contributed by atoms with Crippen molar-refractivity contribution in [1.82, 2.24) is 10.3 Å². The average molecular weight is 336 g/mol. The monoisotopic (exact) mass is 335 g/mol. The van der Waals surface area contributed by atoms with Crippen LogP contribution in [0.2, 0.25) is 5.02 Å². The Hall–Kier alpha value is -1.85. The number of nitrogens with two attached hydrogens (primary N) is 1. The van der Waals surface area contributed by atoms with E-state index in [0.717, 1.165) is 31.5 Å². The first-order valence-corrected chi connectivity index (χ1v) is 8.06. The van der Waals surface area contributed by atoms with Gasteiger partial charge < -0.3 is 15.8 Å². The number of benzene rings is 1. The summed E-state index contributed by atoms with van der Waals surface area (Å²) in [4.78, 5) is 4.30. The standard InChI is InChI=1S/C17H19ClFN3O/c18-13-3-1-11(15(19)10-13)9-12-2-4-16(22-17(12)20)23-14-5-7-21-8-6-14/h1-4,10,14,21H,5-9H2,(H2,20,22). The minimum absolute atomic E-state index is 0.169. The van der Waals surface area contributed by atoms with Gasteiger partial charge in [-0.25, -0.2) is 4.39 Å². The highest BCUT2D eigenvalue weighted by Crippen LogP contribution is 2.23. The molecule has 0 radical (unpaired) electrons. The van der Waals surface area contributed by atoms with E-state index in [9.17, 15) is 4.39 Å². The van der Waals surface area contributed by atoms with Crippen molar-refractivity contribution in [3.63, 3.8) is 0 Å². The van der Waals surface area contributed by atoms with E-state index < -0.39 is 0 Å². The molecule has 0 unspecified atom stereocenters. The van der Waals surface area contributed by atoms with Crippen LogP contribution in [0, 0.1) is 5.82 Å². The van der Waals surface area contributed by atoms with Crippen LogP contribution in [0.5, 0.6) is 5.88 Å². The molecule has 6 heteroatoms. The van der Waals surface area contributed by atoms with E-state index in [1.54, 1.807) is 18.2 Å². The minimum atomic E-state index is -0.341. The van der Waals surface area contributed by atoms with Crippen molar-refractivity contribution in [3.05, 3.63) is 52.3 Å². The van der Waals surface area contributed by atoms with Crippen LogP contribution in [-0.4, -0.2) is 24.2 Å². The summed E-state index contributed by atoms with van der Waals surface area (Å²) in [5.41, 5.74) is 7.31. The zero-order valence-corrected chi connectivity index (χ0v) is 13.4. The van der Waals surface area contributed by atoms with Gasteiger partial charge in [0.25, 0.3) is 0 Å². The molecule has 23 heavy (non-hydrogen) atoms. The Morgan fingerprint density at radius 1 is 1.22 bits per heavy atom. The maximum Gasteiger partial charge on any atom is 0.215 e. The molecule has 4 nitrogen and oxygen atoms in total. The van der Waals surface area contributed by atoms with Crippen LogP contribution < -0.4 is 15.8 Å². The van der Waals surface area contributed by atoms with E-state index in [1.807, 2.05) is 6.07 Å². The summed E-state index contributed by atoms with van der Waals surface area (Å²) in [7, 11) is 0. The molecule has 0 spiro atoms. The molecule has 1 aromatic carbocycles. The highest BCUT2D eigenvalue weighted by atomic mass is 35.5. The molecule has 0 aliphatic carbocycles. The van der Waals surface area contributed by atoms with Crippen LogP contribution in [0.4, 0.5) is 10.2 Å². The fraction of sp³-hybridized carbons (Fsp3) is 0.353. The average Bonchev–Trinajstić information content (AvgIpc) is 2.53. The number of aromatic nitrogens is 1. The van der Waals surface area contributed by atoms with Crippen molar-refractivity contribution in [2.75, 3.05) is 18.8 Å². The van der Waals surface area contributed by atoms with Gasteiger partial charge >= 0.3 is 0 Å². The molecule has 1 aromatic heterocycles. The number of hydrogen-bond donors (Lipinski definition) is 2. The maximum absolute atomic E-state index is 13.9. The van der Waals surface area contributed by atoms with Crippen LogP contribution in [0.1, 0.15) is 24.0 Å². The molecule has 0 bridgehead atoms. The summed E-state index contributed by atoms with van der Waals surface area (Å²) in [6.07, 6.45) is 2.45. The van der Waals surface area contributed by atoms with Gasteiger partial charge in [0.05, 0.1) is 0 Å². The first-order chi connectivity index (χ1) is 11.1. The molecule has 1 fully saturated rings. The number of ether oxygens (including phenoxy) is 1. The number of nitrogens with one attached hydrogen (secondary N) is 1. The number of anilines is 1. The largest absolute Gasteiger partial charge is 0.474 e. The summed E-state index contributed by atoms with van der Waals surface area (Å²) in [6, 6.07) is 8.26. The fourth-order valence-corrected chi connectivity index (χ4v) is 2.81. The lowest BCUT2D eigenvalue weighted by Gasteiger charge is -2.23. The highest BCUT2D eigenvalue weighted by molar-refractivity contribution is 6.30. The molecule has 2 heterocycles. The molecule has 3 rings (SSSR count). The number of halogens is 2. The third-order valence-corrected chi connectivity index (χ3v) is 4.19. The Balaban J connectivity index is 1.71. The van der Waals surface area contributed by atoms with E-state index in [1.165, 1.54) is 6.07 Å². The van der Waals surface area contributed by atoms with Crippen molar-refractivity contribution in [2.45, 2.75) is 25.4 Å². The normalized spacial score (nSPS) is 15.6. The lowest BCUT2D eigenvalue weighted by atomic mass is 10.1. The quantitative estimate of drug-likeness (QED) is 0.901. The van der Waals surface area contributed by atoms with Crippen molar-refractivity contribution >= 4 is 17.4 Å². The van der Waals surface area contributed by atoms with E-state index in [2.05, 4.69) is 10.3 Å². The summed E-state index contributed by atoms with van der Waals surface area (Å²) in [5.74, 6) is 0.549. The fourth-order valence-electron chi connectivity index (χ4n) is 2.65. The Morgan fingerprint density at radius 2 is 1.96 bits per heavy atom. The third kappa shape index (κ3) is 4.12. The van der Waals surface area contributed by atoms with Crippen LogP contribution in [0.15, 0.2) is 30.3 Å². The first kappa shape index (κ1) is 16.0. The minimum Gasteiger partial charge on any atom is -0.474 e. The molecule has 3 N–H and O–H groups in total. The zero-order chi connectivity index (χ0) is 16.2. The second kappa shape index (κ2) is 7.15. The van der Waals surface area contributed by atoms with E-state index >= 15 is 0 Å². The van der Waals surface area contributed by atoms with Crippen molar-refractivity contribution in [2.24, 2.45) is 0 Å². The summed E-state index contributed by atoms with van der Waals surface area (Å²) >= 11 is 5.77. The number of nitrogens with zero attached hydrogens (tertiary/aromatic N) is 1. The van der Waals surface area contributed by atoms with Gasteiger partial charge in [-0.05, 0) is 55.3 Å². The molecule has 1 aliphatic heterocycles. The molecule has 1 saturated heterocycles. The molecular weight excluding hydrogens is 317 g/mol. The van der Waals surface area contributed by atoms with Crippen molar-refractivity contribution in [1.29, 1.82) is 0 Å². The summed E-state index contributed by atoms with van der Waals surface area (Å²) in [6.45, 7) is 1.90. The van der Waals surface area contributed by atoms with Gasteiger partial charge in [-0.1, -0.05) is 17.7 Å². The van der Waals surface area contributed by atoms with Gasteiger partial charge in [-0.2, -0.15) is 4.98 Å². The number of rotatable bonds is 4. The first-order valence-electron chi connectivity index (χ1n) is 7.68.